The maximum absolute atomic E-state index is 12.6. The number of carbonyl (C=O) groups excluding carboxylic acids is 1. The highest BCUT2D eigenvalue weighted by molar-refractivity contribution is 5.93. The van der Waals surface area contributed by atoms with E-state index in [1.807, 2.05) is 42.2 Å². The Labute approximate surface area is 154 Å². The van der Waals surface area contributed by atoms with Gasteiger partial charge in [-0.3, -0.25) is 9.78 Å². The van der Waals surface area contributed by atoms with Gasteiger partial charge in [0.15, 0.2) is 0 Å². The summed E-state index contributed by atoms with van der Waals surface area (Å²) in [5.74, 6) is 1.31. The Kier molecular flexibility index (Phi) is 7.98. The fourth-order valence-corrected chi connectivity index (χ4v) is 2.51. The monoisotopic (exact) mass is 369 g/mol. The van der Waals surface area contributed by atoms with Gasteiger partial charge in [0.1, 0.15) is 17.2 Å². The Hall–Kier alpha value is -1.82. The molecule has 1 atom stereocenters. The van der Waals surface area contributed by atoms with Crippen molar-refractivity contribution in [2.24, 2.45) is 0 Å². The third kappa shape index (κ3) is 4.84. The number of aromatic nitrogens is 1. The quantitative estimate of drug-likeness (QED) is 0.902. The number of nitrogens with one attached hydrogen (secondary N) is 1. The van der Waals surface area contributed by atoms with Gasteiger partial charge < -0.3 is 15.0 Å². The second-order valence-corrected chi connectivity index (χ2v) is 5.34. The number of rotatable bonds is 3. The number of pyridine rings is 1. The smallest absolute Gasteiger partial charge is 0.272 e. The van der Waals surface area contributed by atoms with Gasteiger partial charge in [-0.25, -0.2) is 0 Å². The van der Waals surface area contributed by atoms with Crippen LogP contribution >= 0.6 is 24.8 Å². The van der Waals surface area contributed by atoms with Gasteiger partial charge in [-0.2, -0.15) is 0 Å². The summed E-state index contributed by atoms with van der Waals surface area (Å²) in [4.78, 5) is 18.6. The summed E-state index contributed by atoms with van der Waals surface area (Å²) in [6.45, 7) is 4.36. The van der Waals surface area contributed by atoms with Crippen LogP contribution in [0.1, 0.15) is 17.4 Å². The summed E-state index contributed by atoms with van der Waals surface area (Å²) in [5.41, 5.74) is 0.419. The molecule has 1 aromatic heterocycles. The lowest BCUT2D eigenvalue weighted by atomic mass is 10.2. The Morgan fingerprint density at radius 1 is 1.21 bits per heavy atom. The Morgan fingerprint density at radius 3 is 2.67 bits per heavy atom. The van der Waals surface area contributed by atoms with Crippen molar-refractivity contribution in [2.75, 3.05) is 19.6 Å². The van der Waals surface area contributed by atoms with E-state index in [1.54, 1.807) is 18.3 Å². The number of benzene rings is 1. The average Bonchev–Trinajstić information content (AvgIpc) is 2.56. The topological polar surface area (TPSA) is 54.5 Å². The molecule has 0 saturated carbocycles. The van der Waals surface area contributed by atoms with E-state index in [4.69, 9.17) is 4.74 Å². The highest BCUT2D eigenvalue weighted by Crippen LogP contribution is 2.21. The molecule has 2 heterocycles. The maximum Gasteiger partial charge on any atom is 0.272 e. The molecule has 24 heavy (non-hydrogen) atoms. The van der Waals surface area contributed by atoms with Crippen molar-refractivity contribution in [1.82, 2.24) is 15.2 Å². The molecule has 5 nitrogen and oxygen atoms in total. The van der Waals surface area contributed by atoms with Crippen LogP contribution in [0, 0.1) is 0 Å². The van der Waals surface area contributed by atoms with Crippen LogP contribution in [0.5, 0.6) is 11.5 Å². The maximum atomic E-state index is 12.6. The number of para-hydroxylation sites is 1. The van der Waals surface area contributed by atoms with Gasteiger partial charge in [-0.05, 0) is 25.1 Å². The molecule has 1 aromatic carbocycles. The predicted molar refractivity (Wildman–Crippen MR) is 98.6 cm³/mol. The second kappa shape index (κ2) is 9.47. The van der Waals surface area contributed by atoms with Crippen molar-refractivity contribution in [2.45, 2.75) is 13.0 Å². The molecule has 1 unspecified atom stereocenters. The standard InChI is InChI=1S/C17H19N3O2.2ClH/c1-13-12-18-9-10-20(13)17(21)16-11-15(7-8-19-16)22-14-5-3-2-4-6-14;;/h2-8,11,13,18H,9-10,12H2,1H3;2*1H. The number of hydrogen-bond acceptors (Lipinski definition) is 4. The lowest BCUT2D eigenvalue weighted by Crippen LogP contribution is -2.52. The van der Waals surface area contributed by atoms with E-state index in [9.17, 15) is 4.79 Å². The number of piperazine rings is 1. The highest BCUT2D eigenvalue weighted by Gasteiger charge is 2.25. The lowest BCUT2D eigenvalue weighted by Gasteiger charge is -2.33. The Balaban J connectivity index is 0.00000144. The zero-order valence-electron chi connectivity index (χ0n) is 13.3. The van der Waals surface area contributed by atoms with Crippen molar-refractivity contribution in [3.8, 4) is 11.5 Å². The molecule has 1 aliphatic rings. The first-order chi connectivity index (χ1) is 10.7. The molecular weight excluding hydrogens is 349 g/mol. The van der Waals surface area contributed by atoms with Gasteiger partial charge in [0.2, 0.25) is 0 Å². The van der Waals surface area contributed by atoms with Crippen LogP contribution in [0.25, 0.3) is 0 Å². The predicted octanol–water partition coefficient (Wildman–Crippen LogP) is 3.15. The number of nitrogens with zero attached hydrogens (tertiary/aromatic N) is 2. The van der Waals surface area contributed by atoms with Crippen LogP contribution in [0.2, 0.25) is 0 Å². The molecule has 3 rings (SSSR count). The number of amides is 1. The van der Waals surface area contributed by atoms with Crippen molar-refractivity contribution in [3.05, 3.63) is 54.4 Å². The van der Waals surface area contributed by atoms with Gasteiger partial charge in [-0.15, -0.1) is 24.8 Å². The third-order valence-corrected chi connectivity index (χ3v) is 3.69. The molecule has 1 saturated heterocycles. The zero-order chi connectivity index (χ0) is 15.4. The van der Waals surface area contributed by atoms with E-state index in [1.165, 1.54) is 0 Å². The summed E-state index contributed by atoms with van der Waals surface area (Å²) in [5, 5.41) is 3.28. The number of carbonyl (C=O) groups is 1. The number of hydrogen-bond donors (Lipinski definition) is 1. The molecule has 0 aliphatic carbocycles. The zero-order valence-corrected chi connectivity index (χ0v) is 15.0. The Morgan fingerprint density at radius 2 is 1.96 bits per heavy atom. The van der Waals surface area contributed by atoms with E-state index in [0.717, 1.165) is 18.8 Å². The minimum Gasteiger partial charge on any atom is -0.457 e. The molecule has 0 spiro atoms. The second-order valence-electron chi connectivity index (χ2n) is 5.34. The first-order valence-electron chi connectivity index (χ1n) is 7.44. The molecular formula is C17H21Cl2N3O2. The third-order valence-electron chi connectivity index (χ3n) is 3.69. The fraction of sp³-hybridized carbons (Fsp3) is 0.294. The summed E-state index contributed by atoms with van der Waals surface area (Å²) >= 11 is 0. The molecule has 1 aliphatic heterocycles. The molecule has 0 bridgehead atoms. The van der Waals surface area contributed by atoms with Crippen LogP contribution in [-0.2, 0) is 0 Å². The fourth-order valence-electron chi connectivity index (χ4n) is 2.51. The Bertz CT molecular complexity index is 655. The van der Waals surface area contributed by atoms with Gasteiger partial charge in [0, 0.05) is 37.9 Å². The first kappa shape index (κ1) is 20.2. The van der Waals surface area contributed by atoms with Crippen molar-refractivity contribution in [3.63, 3.8) is 0 Å². The van der Waals surface area contributed by atoms with E-state index in [0.29, 0.717) is 18.0 Å². The van der Waals surface area contributed by atoms with E-state index in [2.05, 4.69) is 10.3 Å². The van der Waals surface area contributed by atoms with Crippen molar-refractivity contribution < 1.29 is 9.53 Å². The molecule has 7 heteroatoms. The average molecular weight is 370 g/mol. The number of halogens is 2. The minimum absolute atomic E-state index is 0. The summed E-state index contributed by atoms with van der Waals surface area (Å²) in [6, 6.07) is 13.1. The van der Waals surface area contributed by atoms with E-state index >= 15 is 0 Å². The molecule has 130 valence electrons. The van der Waals surface area contributed by atoms with Crippen LogP contribution in [-0.4, -0.2) is 41.5 Å². The minimum atomic E-state index is -0.0486. The van der Waals surface area contributed by atoms with Crippen LogP contribution in [0.3, 0.4) is 0 Å². The van der Waals surface area contributed by atoms with Crippen LogP contribution in [0.4, 0.5) is 0 Å². The molecule has 2 aromatic rings. The summed E-state index contributed by atoms with van der Waals surface area (Å²) in [6.07, 6.45) is 1.61. The van der Waals surface area contributed by atoms with Gasteiger partial charge in [0.05, 0.1) is 0 Å². The van der Waals surface area contributed by atoms with Gasteiger partial charge >= 0.3 is 0 Å². The van der Waals surface area contributed by atoms with Crippen LogP contribution < -0.4 is 10.1 Å². The lowest BCUT2D eigenvalue weighted by molar-refractivity contribution is 0.0649. The normalized spacial score (nSPS) is 16.5. The molecule has 1 N–H and O–H groups in total. The number of ether oxygens (including phenoxy) is 1. The van der Waals surface area contributed by atoms with Crippen molar-refractivity contribution in [1.29, 1.82) is 0 Å². The summed E-state index contributed by atoms with van der Waals surface area (Å²) in [7, 11) is 0. The largest absolute Gasteiger partial charge is 0.457 e. The van der Waals surface area contributed by atoms with E-state index < -0.39 is 0 Å². The van der Waals surface area contributed by atoms with Crippen LogP contribution in [0.15, 0.2) is 48.7 Å². The van der Waals surface area contributed by atoms with Gasteiger partial charge in [-0.1, -0.05) is 18.2 Å². The van der Waals surface area contributed by atoms with Gasteiger partial charge in [0.25, 0.3) is 5.91 Å². The SMILES string of the molecule is CC1CNCCN1C(=O)c1cc(Oc2ccccc2)ccn1.Cl.Cl. The highest BCUT2D eigenvalue weighted by atomic mass is 35.5. The molecule has 0 radical (unpaired) electrons. The molecule has 1 amide bonds. The van der Waals surface area contributed by atoms with E-state index in [-0.39, 0.29) is 36.8 Å². The molecule has 1 fully saturated rings. The first-order valence-corrected chi connectivity index (χ1v) is 7.44. The summed E-state index contributed by atoms with van der Waals surface area (Å²) < 4.78 is 5.76. The van der Waals surface area contributed by atoms with Crippen molar-refractivity contribution >= 4 is 30.7 Å².